The number of nitriles is 1. The van der Waals surface area contributed by atoms with Gasteiger partial charge in [0.15, 0.2) is 5.57 Å². The first-order valence-corrected chi connectivity index (χ1v) is 5.98. The molecule has 5 nitrogen and oxygen atoms in total. The number of carbonyl (C=O) groups excluding carboxylic acids is 1. The maximum absolute atomic E-state index is 11.4. The fraction of sp³-hybridized carbons (Fsp3) is 0.286. The van der Waals surface area contributed by atoms with Crippen molar-refractivity contribution in [2.75, 3.05) is 18.5 Å². The average molecular weight is 260 g/mol. The molecule has 5 heteroatoms. The molecule has 0 aliphatic carbocycles. The SMILES string of the molecule is CCOC(=O)/C(C#N)=C/Nc1cccc(OCC)c1. The van der Waals surface area contributed by atoms with E-state index < -0.39 is 5.97 Å². The van der Waals surface area contributed by atoms with E-state index in [0.29, 0.717) is 6.61 Å². The lowest BCUT2D eigenvalue weighted by molar-refractivity contribution is -0.138. The summed E-state index contributed by atoms with van der Waals surface area (Å²) in [5.41, 5.74) is 0.645. The molecule has 1 N–H and O–H groups in total. The van der Waals surface area contributed by atoms with Crippen molar-refractivity contribution in [3.8, 4) is 11.8 Å². The maximum atomic E-state index is 11.4. The fourth-order valence-corrected chi connectivity index (χ4v) is 1.34. The molecule has 0 unspecified atom stereocenters. The molecule has 0 aromatic heterocycles. The Bertz CT molecular complexity index is 504. The number of nitrogens with zero attached hydrogens (tertiary/aromatic N) is 1. The summed E-state index contributed by atoms with van der Waals surface area (Å²) < 4.78 is 10.1. The number of carbonyl (C=O) groups is 1. The van der Waals surface area contributed by atoms with Gasteiger partial charge in [0, 0.05) is 18.0 Å². The minimum absolute atomic E-state index is 0.0799. The van der Waals surface area contributed by atoms with Crippen molar-refractivity contribution >= 4 is 11.7 Å². The van der Waals surface area contributed by atoms with Gasteiger partial charge in [-0.1, -0.05) is 6.07 Å². The molecule has 1 aromatic rings. The fourth-order valence-electron chi connectivity index (χ4n) is 1.34. The van der Waals surface area contributed by atoms with Crippen LogP contribution in [0.3, 0.4) is 0 Å². The van der Waals surface area contributed by atoms with Crippen LogP contribution in [0.4, 0.5) is 5.69 Å². The van der Waals surface area contributed by atoms with Gasteiger partial charge in [-0.2, -0.15) is 5.26 Å². The van der Waals surface area contributed by atoms with E-state index in [4.69, 9.17) is 14.7 Å². The van der Waals surface area contributed by atoms with Crippen LogP contribution in [0.25, 0.3) is 0 Å². The Morgan fingerprint density at radius 1 is 1.42 bits per heavy atom. The summed E-state index contributed by atoms with van der Waals surface area (Å²) in [6, 6.07) is 9.02. The summed E-state index contributed by atoms with van der Waals surface area (Å²) >= 11 is 0. The average Bonchev–Trinajstić information content (AvgIpc) is 2.40. The molecular weight excluding hydrogens is 244 g/mol. The topological polar surface area (TPSA) is 71.4 Å². The van der Waals surface area contributed by atoms with Gasteiger partial charge in [0.1, 0.15) is 11.8 Å². The zero-order chi connectivity index (χ0) is 14.1. The maximum Gasteiger partial charge on any atom is 0.350 e. The van der Waals surface area contributed by atoms with E-state index in [2.05, 4.69) is 5.32 Å². The van der Waals surface area contributed by atoms with E-state index >= 15 is 0 Å². The lowest BCUT2D eigenvalue weighted by atomic mass is 10.3. The first-order valence-electron chi connectivity index (χ1n) is 5.98. The summed E-state index contributed by atoms with van der Waals surface area (Å²) in [7, 11) is 0. The van der Waals surface area contributed by atoms with Gasteiger partial charge >= 0.3 is 5.97 Å². The second-order valence-corrected chi connectivity index (χ2v) is 3.50. The van der Waals surface area contributed by atoms with Crippen LogP contribution >= 0.6 is 0 Å². The molecule has 0 radical (unpaired) electrons. The van der Waals surface area contributed by atoms with Crippen LogP contribution in [0.2, 0.25) is 0 Å². The van der Waals surface area contributed by atoms with Gasteiger partial charge in [0.05, 0.1) is 13.2 Å². The molecule has 0 saturated carbocycles. The molecule has 0 amide bonds. The minimum Gasteiger partial charge on any atom is -0.494 e. The number of hydrogen-bond donors (Lipinski definition) is 1. The normalized spacial score (nSPS) is 10.5. The van der Waals surface area contributed by atoms with Crippen LogP contribution in [-0.4, -0.2) is 19.2 Å². The van der Waals surface area contributed by atoms with Crippen LogP contribution in [0.5, 0.6) is 5.75 Å². The number of ether oxygens (including phenoxy) is 2. The third-order valence-electron chi connectivity index (χ3n) is 2.14. The first-order chi connectivity index (χ1) is 9.21. The summed E-state index contributed by atoms with van der Waals surface area (Å²) in [5.74, 6) is 0.0778. The Hall–Kier alpha value is -2.48. The Balaban J connectivity index is 2.76. The molecule has 0 spiro atoms. The molecule has 0 atom stereocenters. The molecule has 0 heterocycles. The standard InChI is InChI=1S/C14H16N2O3/c1-3-18-13-7-5-6-12(8-13)16-10-11(9-15)14(17)19-4-2/h5-8,10,16H,3-4H2,1-2H3/b11-10+. The van der Waals surface area contributed by atoms with E-state index in [1.165, 1.54) is 6.20 Å². The summed E-state index contributed by atoms with van der Waals surface area (Å²) in [6.45, 7) is 4.39. The summed E-state index contributed by atoms with van der Waals surface area (Å²) in [4.78, 5) is 11.4. The molecule has 0 bridgehead atoms. The predicted molar refractivity (Wildman–Crippen MR) is 71.6 cm³/mol. The van der Waals surface area contributed by atoms with Gasteiger partial charge in [0.25, 0.3) is 0 Å². The number of rotatable bonds is 6. The lowest BCUT2D eigenvalue weighted by Crippen LogP contribution is -2.07. The van der Waals surface area contributed by atoms with Crippen molar-refractivity contribution in [3.63, 3.8) is 0 Å². The highest BCUT2D eigenvalue weighted by Crippen LogP contribution is 2.17. The lowest BCUT2D eigenvalue weighted by Gasteiger charge is -2.06. The quantitative estimate of drug-likeness (QED) is 0.483. The third-order valence-corrected chi connectivity index (χ3v) is 2.14. The zero-order valence-electron chi connectivity index (χ0n) is 11.0. The van der Waals surface area contributed by atoms with Crippen LogP contribution in [0.15, 0.2) is 36.0 Å². The van der Waals surface area contributed by atoms with Crippen molar-refractivity contribution < 1.29 is 14.3 Å². The van der Waals surface area contributed by atoms with Crippen molar-refractivity contribution in [2.45, 2.75) is 13.8 Å². The molecule has 0 saturated heterocycles. The second-order valence-electron chi connectivity index (χ2n) is 3.50. The van der Waals surface area contributed by atoms with E-state index in [-0.39, 0.29) is 12.2 Å². The Morgan fingerprint density at radius 3 is 2.84 bits per heavy atom. The molecule has 0 fully saturated rings. The summed E-state index contributed by atoms with van der Waals surface area (Å²) in [6.07, 6.45) is 1.32. The summed E-state index contributed by atoms with van der Waals surface area (Å²) in [5, 5.41) is 11.7. The van der Waals surface area contributed by atoms with Crippen LogP contribution < -0.4 is 10.1 Å². The van der Waals surface area contributed by atoms with E-state index in [0.717, 1.165) is 11.4 Å². The Labute approximate surface area is 112 Å². The number of anilines is 1. The Morgan fingerprint density at radius 2 is 2.21 bits per heavy atom. The third kappa shape index (κ3) is 4.72. The van der Waals surface area contributed by atoms with Gasteiger partial charge in [-0.3, -0.25) is 0 Å². The van der Waals surface area contributed by atoms with Crippen LogP contribution in [-0.2, 0) is 9.53 Å². The van der Waals surface area contributed by atoms with Crippen molar-refractivity contribution in [2.24, 2.45) is 0 Å². The van der Waals surface area contributed by atoms with E-state index in [9.17, 15) is 4.79 Å². The number of benzene rings is 1. The smallest absolute Gasteiger partial charge is 0.350 e. The van der Waals surface area contributed by atoms with Crippen LogP contribution in [0, 0.1) is 11.3 Å². The monoisotopic (exact) mass is 260 g/mol. The second kappa shape index (κ2) is 7.77. The molecule has 1 aromatic carbocycles. The van der Waals surface area contributed by atoms with E-state index in [1.54, 1.807) is 25.1 Å². The van der Waals surface area contributed by atoms with Crippen LogP contribution in [0.1, 0.15) is 13.8 Å². The highest BCUT2D eigenvalue weighted by Gasteiger charge is 2.09. The van der Waals surface area contributed by atoms with Gasteiger partial charge in [-0.15, -0.1) is 0 Å². The van der Waals surface area contributed by atoms with Crippen molar-refractivity contribution in [1.82, 2.24) is 0 Å². The molecule has 0 aliphatic heterocycles. The van der Waals surface area contributed by atoms with E-state index in [1.807, 2.05) is 19.1 Å². The largest absolute Gasteiger partial charge is 0.494 e. The Kier molecular flexibility index (Phi) is 5.96. The van der Waals surface area contributed by atoms with Crippen molar-refractivity contribution in [3.05, 3.63) is 36.0 Å². The number of nitrogens with one attached hydrogen (secondary N) is 1. The highest BCUT2D eigenvalue weighted by atomic mass is 16.5. The van der Waals surface area contributed by atoms with Gasteiger partial charge in [-0.05, 0) is 26.0 Å². The van der Waals surface area contributed by atoms with Gasteiger partial charge < -0.3 is 14.8 Å². The number of hydrogen-bond acceptors (Lipinski definition) is 5. The highest BCUT2D eigenvalue weighted by molar-refractivity contribution is 5.93. The predicted octanol–water partition coefficient (Wildman–Crippen LogP) is 2.47. The van der Waals surface area contributed by atoms with Crippen molar-refractivity contribution in [1.29, 1.82) is 5.26 Å². The number of esters is 1. The van der Waals surface area contributed by atoms with Gasteiger partial charge in [-0.25, -0.2) is 4.79 Å². The zero-order valence-corrected chi connectivity index (χ0v) is 11.0. The van der Waals surface area contributed by atoms with Gasteiger partial charge in [0.2, 0.25) is 0 Å². The molecule has 0 aliphatic rings. The molecular formula is C14H16N2O3. The first kappa shape index (κ1) is 14.6. The minimum atomic E-state index is -0.640. The molecule has 1 rings (SSSR count). The molecule has 100 valence electrons. The molecule has 19 heavy (non-hydrogen) atoms.